The topological polar surface area (TPSA) is 12.0 Å². The van der Waals surface area contributed by atoms with Crippen molar-refractivity contribution in [2.75, 3.05) is 0 Å². The SMILES string of the molecule is C#C/C(=C/C(F)=C(\C)NC(CC)C1CC1)C(=C)C. The second-order valence-corrected chi connectivity index (χ2v) is 4.95. The average Bonchev–Trinajstić information content (AvgIpc) is 3.15. The number of hydrogen-bond acceptors (Lipinski definition) is 1. The van der Waals surface area contributed by atoms with Crippen LogP contribution < -0.4 is 5.32 Å². The molecule has 1 aliphatic rings. The summed E-state index contributed by atoms with van der Waals surface area (Å²) in [5.41, 5.74) is 1.77. The highest BCUT2D eigenvalue weighted by Crippen LogP contribution is 2.34. The molecular weight excluding hydrogens is 225 g/mol. The van der Waals surface area contributed by atoms with Crippen LogP contribution in [0, 0.1) is 18.3 Å². The van der Waals surface area contributed by atoms with Gasteiger partial charge in [-0.2, -0.15) is 0 Å². The predicted molar refractivity (Wildman–Crippen MR) is 75.5 cm³/mol. The van der Waals surface area contributed by atoms with Crippen LogP contribution in [0.1, 0.15) is 40.0 Å². The van der Waals surface area contributed by atoms with Crippen molar-refractivity contribution in [1.82, 2.24) is 5.32 Å². The zero-order chi connectivity index (χ0) is 13.7. The van der Waals surface area contributed by atoms with E-state index < -0.39 is 0 Å². The Kier molecular flexibility index (Phi) is 5.22. The van der Waals surface area contributed by atoms with Gasteiger partial charge in [0, 0.05) is 17.3 Å². The second kappa shape index (κ2) is 6.44. The zero-order valence-electron chi connectivity index (χ0n) is 11.5. The first kappa shape index (κ1) is 14.6. The lowest BCUT2D eigenvalue weighted by Gasteiger charge is -2.18. The Morgan fingerprint density at radius 1 is 1.56 bits per heavy atom. The lowest BCUT2D eigenvalue weighted by atomic mass is 10.1. The summed E-state index contributed by atoms with van der Waals surface area (Å²) in [6.07, 6.45) is 10.2. The molecule has 1 nitrogen and oxygen atoms in total. The lowest BCUT2D eigenvalue weighted by Crippen LogP contribution is -2.29. The highest BCUT2D eigenvalue weighted by molar-refractivity contribution is 5.45. The molecule has 0 spiro atoms. The van der Waals surface area contributed by atoms with Gasteiger partial charge < -0.3 is 5.32 Å². The van der Waals surface area contributed by atoms with Gasteiger partial charge in [0.15, 0.2) is 0 Å². The maximum atomic E-state index is 14.0. The molecule has 2 heteroatoms. The summed E-state index contributed by atoms with van der Waals surface area (Å²) in [7, 11) is 0. The van der Waals surface area contributed by atoms with Crippen LogP contribution in [0.15, 0.2) is 35.3 Å². The van der Waals surface area contributed by atoms with Crippen LogP contribution in [0.3, 0.4) is 0 Å². The summed E-state index contributed by atoms with van der Waals surface area (Å²) >= 11 is 0. The van der Waals surface area contributed by atoms with Crippen LogP contribution in [0.25, 0.3) is 0 Å². The van der Waals surface area contributed by atoms with Gasteiger partial charge in [-0.05, 0) is 50.7 Å². The Morgan fingerprint density at radius 3 is 2.56 bits per heavy atom. The lowest BCUT2D eigenvalue weighted by molar-refractivity contribution is 0.480. The summed E-state index contributed by atoms with van der Waals surface area (Å²) in [6.45, 7) is 9.39. The fourth-order valence-electron chi connectivity index (χ4n) is 1.92. The summed E-state index contributed by atoms with van der Waals surface area (Å²) in [5, 5.41) is 3.26. The Balaban J connectivity index is 2.77. The maximum Gasteiger partial charge on any atom is 0.143 e. The van der Waals surface area contributed by atoms with Crippen molar-refractivity contribution in [3.8, 4) is 12.3 Å². The molecule has 1 aliphatic carbocycles. The number of hydrogen-bond donors (Lipinski definition) is 1. The molecule has 0 heterocycles. The smallest absolute Gasteiger partial charge is 0.143 e. The number of halogens is 1. The van der Waals surface area contributed by atoms with E-state index in [0.717, 1.165) is 6.42 Å². The van der Waals surface area contributed by atoms with E-state index in [9.17, 15) is 4.39 Å². The number of rotatable bonds is 6. The van der Waals surface area contributed by atoms with Crippen molar-refractivity contribution in [1.29, 1.82) is 0 Å². The molecule has 0 aromatic heterocycles. The van der Waals surface area contributed by atoms with Crippen molar-refractivity contribution in [3.63, 3.8) is 0 Å². The first-order valence-electron chi connectivity index (χ1n) is 6.46. The van der Waals surface area contributed by atoms with Gasteiger partial charge in [-0.15, -0.1) is 6.42 Å². The van der Waals surface area contributed by atoms with Crippen LogP contribution in [0.5, 0.6) is 0 Å². The average molecular weight is 247 g/mol. The highest BCUT2D eigenvalue weighted by atomic mass is 19.1. The largest absolute Gasteiger partial charge is 0.383 e. The van der Waals surface area contributed by atoms with Gasteiger partial charge in [0.25, 0.3) is 0 Å². The van der Waals surface area contributed by atoms with E-state index in [2.05, 4.69) is 24.7 Å². The molecule has 1 unspecified atom stereocenters. The van der Waals surface area contributed by atoms with Gasteiger partial charge in [-0.3, -0.25) is 0 Å². The van der Waals surface area contributed by atoms with Gasteiger partial charge in [0.2, 0.25) is 0 Å². The van der Waals surface area contributed by atoms with Crippen LogP contribution in [0.4, 0.5) is 4.39 Å². The Morgan fingerprint density at radius 2 is 2.17 bits per heavy atom. The molecule has 0 bridgehead atoms. The Hall–Kier alpha value is -1.49. The number of nitrogens with one attached hydrogen (secondary N) is 1. The summed E-state index contributed by atoms with van der Waals surface area (Å²) in [6, 6.07) is 0.378. The van der Waals surface area contributed by atoms with E-state index in [0.29, 0.717) is 28.8 Å². The van der Waals surface area contributed by atoms with Crippen LogP contribution in [-0.4, -0.2) is 6.04 Å². The van der Waals surface area contributed by atoms with Gasteiger partial charge in [0.1, 0.15) is 5.83 Å². The molecular formula is C16H22FN. The standard InChI is InChI=1S/C16H22FN/c1-6-13(11(3)4)10-15(17)12(5)18-16(7-2)14-8-9-14/h1,10,14,16,18H,3,7-9H2,2,4-5H3/b13-10-,15-12-. The first-order chi connectivity index (χ1) is 8.49. The molecule has 0 saturated heterocycles. The number of allylic oxidation sites excluding steroid dienone is 5. The van der Waals surface area contributed by atoms with E-state index in [1.807, 2.05) is 0 Å². The molecule has 1 N–H and O–H groups in total. The van der Waals surface area contributed by atoms with Crippen molar-refractivity contribution >= 4 is 0 Å². The van der Waals surface area contributed by atoms with Crippen molar-refractivity contribution in [2.45, 2.75) is 46.1 Å². The van der Waals surface area contributed by atoms with E-state index in [-0.39, 0.29) is 5.83 Å². The Labute approximate surface area is 110 Å². The van der Waals surface area contributed by atoms with E-state index in [4.69, 9.17) is 6.42 Å². The van der Waals surface area contributed by atoms with Gasteiger partial charge in [0.05, 0.1) is 0 Å². The highest BCUT2D eigenvalue weighted by Gasteiger charge is 2.29. The van der Waals surface area contributed by atoms with Crippen LogP contribution in [-0.2, 0) is 0 Å². The predicted octanol–water partition coefficient (Wildman–Crippen LogP) is 4.10. The third-order valence-electron chi connectivity index (χ3n) is 3.28. The molecule has 98 valence electrons. The van der Waals surface area contributed by atoms with Gasteiger partial charge in [-0.1, -0.05) is 19.4 Å². The van der Waals surface area contributed by atoms with Crippen molar-refractivity contribution in [3.05, 3.63) is 35.3 Å². The van der Waals surface area contributed by atoms with Crippen LogP contribution >= 0.6 is 0 Å². The molecule has 1 rings (SSSR count). The van der Waals surface area contributed by atoms with Crippen molar-refractivity contribution in [2.24, 2.45) is 5.92 Å². The van der Waals surface area contributed by atoms with Gasteiger partial charge in [-0.25, -0.2) is 4.39 Å². The number of terminal acetylenes is 1. The van der Waals surface area contributed by atoms with Crippen molar-refractivity contribution < 1.29 is 4.39 Å². The molecule has 0 aliphatic heterocycles. The molecule has 1 fully saturated rings. The van der Waals surface area contributed by atoms with Crippen LogP contribution in [0.2, 0.25) is 0 Å². The minimum Gasteiger partial charge on any atom is -0.383 e. The minimum atomic E-state index is -0.301. The summed E-state index contributed by atoms with van der Waals surface area (Å²) in [5.74, 6) is 2.85. The second-order valence-electron chi connectivity index (χ2n) is 4.95. The van der Waals surface area contributed by atoms with E-state index in [1.54, 1.807) is 13.8 Å². The van der Waals surface area contributed by atoms with E-state index >= 15 is 0 Å². The Bertz CT molecular complexity index is 419. The quantitative estimate of drug-likeness (QED) is 0.550. The molecule has 0 radical (unpaired) electrons. The third-order valence-corrected chi connectivity index (χ3v) is 3.28. The normalized spacial score (nSPS) is 18.7. The molecule has 1 atom stereocenters. The molecule has 18 heavy (non-hydrogen) atoms. The van der Waals surface area contributed by atoms with Gasteiger partial charge >= 0.3 is 0 Å². The summed E-state index contributed by atoms with van der Waals surface area (Å²) in [4.78, 5) is 0. The molecule has 0 amide bonds. The monoisotopic (exact) mass is 247 g/mol. The fraction of sp³-hybridized carbons (Fsp3) is 0.500. The molecule has 0 aromatic carbocycles. The maximum absolute atomic E-state index is 14.0. The minimum absolute atomic E-state index is 0.301. The zero-order valence-corrected chi connectivity index (χ0v) is 11.5. The fourth-order valence-corrected chi connectivity index (χ4v) is 1.92. The first-order valence-corrected chi connectivity index (χ1v) is 6.46. The molecule has 1 saturated carbocycles. The third kappa shape index (κ3) is 4.07. The van der Waals surface area contributed by atoms with E-state index in [1.165, 1.54) is 18.9 Å². The molecule has 0 aromatic rings. The summed E-state index contributed by atoms with van der Waals surface area (Å²) < 4.78 is 14.0.